The summed E-state index contributed by atoms with van der Waals surface area (Å²) in [7, 11) is 1.62. The van der Waals surface area contributed by atoms with Gasteiger partial charge >= 0.3 is 6.18 Å². The molecule has 0 radical (unpaired) electrons. The molecular formula is C12H12BF3N2O. The van der Waals surface area contributed by atoms with E-state index in [-0.39, 0.29) is 11.6 Å². The summed E-state index contributed by atoms with van der Waals surface area (Å²) in [6.45, 7) is 1.59. The molecule has 1 N–H and O–H groups in total. The van der Waals surface area contributed by atoms with Gasteiger partial charge in [0.25, 0.3) is 5.91 Å². The lowest BCUT2D eigenvalue weighted by Gasteiger charge is -2.30. The molecule has 1 aromatic rings. The first-order valence-corrected chi connectivity index (χ1v) is 6.13. The molecule has 1 saturated heterocycles. The Morgan fingerprint density at radius 2 is 2.11 bits per heavy atom. The molecule has 0 spiro atoms. The Bertz CT molecular complexity index is 559. The molecule has 2 aliphatic heterocycles. The van der Waals surface area contributed by atoms with Gasteiger partial charge in [0, 0.05) is 19.6 Å². The van der Waals surface area contributed by atoms with E-state index in [1.54, 1.807) is 13.9 Å². The first kappa shape index (κ1) is 12.5. The van der Waals surface area contributed by atoms with Crippen LogP contribution in [0.15, 0.2) is 12.1 Å². The van der Waals surface area contributed by atoms with Gasteiger partial charge in [-0.15, -0.1) is 0 Å². The van der Waals surface area contributed by atoms with E-state index in [9.17, 15) is 18.0 Å². The molecule has 3 nitrogen and oxygen atoms in total. The minimum Gasteiger partial charge on any atom is -0.329 e. The number of amides is 1. The fourth-order valence-corrected chi connectivity index (χ4v) is 2.91. The van der Waals surface area contributed by atoms with Crippen molar-refractivity contribution in [3.05, 3.63) is 28.8 Å². The number of benzene rings is 1. The Hall–Kier alpha value is -1.50. The number of piperazine rings is 1. The Morgan fingerprint density at radius 1 is 1.37 bits per heavy atom. The fraction of sp³-hybridized carbons (Fsp3) is 0.417. The van der Waals surface area contributed by atoms with Crippen LogP contribution in [0.3, 0.4) is 0 Å². The van der Waals surface area contributed by atoms with E-state index in [4.69, 9.17) is 0 Å². The Labute approximate surface area is 109 Å². The average Bonchev–Trinajstić information content (AvgIpc) is 2.62. The number of alkyl halides is 3. The zero-order chi connectivity index (χ0) is 13.8. The van der Waals surface area contributed by atoms with Crippen LogP contribution in [0.2, 0.25) is 0 Å². The summed E-state index contributed by atoms with van der Waals surface area (Å²) < 4.78 is 39.3. The summed E-state index contributed by atoms with van der Waals surface area (Å²) in [6, 6.07) is 2.49. The highest BCUT2D eigenvalue weighted by Crippen LogP contribution is 2.41. The van der Waals surface area contributed by atoms with Crippen LogP contribution in [-0.2, 0) is 6.18 Å². The van der Waals surface area contributed by atoms with Crippen LogP contribution in [0.5, 0.6) is 0 Å². The third-order valence-corrected chi connectivity index (χ3v) is 3.70. The van der Waals surface area contributed by atoms with Crippen LogP contribution in [0.1, 0.15) is 27.5 Å². The van der Waals surface area contributed by atoms with E-state index in [1.165, 1.54) is 4.90 Å². The van der Waals surface area contributed by atoms with Gasteiger partial charge in [-0.25, -0.2) is 0 Å². The van der Waals surface area contributed by atoms with Crippen LogP contribution < -0.4 is 10.8 Å². The third-order valence-electron chi connectivity index (χ3n) is 3.70. The molecule has 3 rings (SSSR count). The van der Waals surface area contributed by atoms with Gasteiger partial charge in [0.2, 0.25) is 0 Å². The van der Waals surface area contributed by atoms with Gasteiger partial charge in [0.15, 0.2) is 0 Å². The SMILES string of the molecule is Bc1cc2c(c(C(F)(F)F)c1)C(=O)N1CCNC[C@@H]21. The number of carbonyl (C=O) groups is 1. The lowest BCUT2D eigenvalue weighted by Crippen LogP contribution is -2.44. The monoisotopic (exact) mass is 268 g/mol. The van der Waals surface area contributed by atoms with Gasteiger partial charge in [0.05, 0.1) is 17.2 Å². The standard InChI is InChI=1S/C12H12BF3N2O/c13-6-3-7-9-5-17-1-2-18(9)11(19)10(7)8(4-6)12(14,15)16/h3-4,9,17H,1-2,5,13H2/t9-/m0/s1. The lowest BCUT2D eigenvalue weighted by molar-refractivity contribution is -0.137. The number of hydrogen-bond donors (Lipinski definition) is 1. The number of rotatable bonds is 0. The second-order valence-electron chi connectivity index (χ2n) is 4.99. The van der Waals surface area contributed by atoms with Crippen LogP contribution >= 0.6 is 0 Å². The molecule has 0 bridgehead atoms. The largest absolute Gasteiger partial charge is 0.417 e. The minimum absolute atomic E-state index is 0.160. The van der Waals surface area contributed by atoms with Crippen LogP contribution in [-0.4, -0.2) is 38.3 Å². The Balaban J connectivity index is 2.21. The van der Waals surface area contributed by atoms with E-state index in [1.807, 2.05) is 0 Å². The van der Waals surface area contributed by atoms with Crippen molar-refractivity contribution in [2.24, 2.45) is 0 Å². The fourth-order valence-electron chi connectivity index (χ4n) is 2.91. The molecule has 2 aliphatic rings. The zero-order valence-corrected chi connectivity index (χ0v) is 10.3. The second-order valence-corrected chi connectivity index (χ2v) is 4.99. The van der Waals surface area contributed by atoms with Crippen molar-refractivity contribution in [3.63, 3.8) is 0 Å². The molecule has 1 atom stereocenters. The molecule has 2 heterocycles. The zero-order valence-electron chi connectivity index (χ0n) is 10.3. The number of carbonyl (C=O) groups excluding carboxylic acids is 1. The molecule has 7 heteroatoms. The summed E-state index contributed by atoms with van der Waals surface area (Å²) in [5.41, 5.74) is 0.0736. The summed E-state index contributed by atoms with van der Waals surface area (Å²) in [6.07, 6.45) is -4.49. The highest BCUT2D eigenvalue weighted by atomic mass is 19.4. The first-order chi connectivity index (χ1) is 8.89. The van der Waals surface area contributed by atoms with E-state index in [0.29, 0.717) is 30.7 Å². The Kier molecular flexibility index (Phi) is 2.64. The quantitative estimate of drug-likeness (QED) is 0.675. The Morgan fingerprint density at radius 3 is 2.79 bits per heavy atom. The number of hydrogen-bond acceptors (Lipinski definition) is 2. The number of nitrogens with zero attached hydrogens (tertiary/aromatic N) is 1. The topological polar surface area (TPSA) is 32.3 Å². The number of halogens is 3. The van der Waals surface area contributed by atoms with Crippen LogP contribution in [0.4, 0.5) is 13.2 Å². The predicted octanol–water partition coefficient (Wildman–Crippen LogP) is 0.0639. The molecule has 1 fully saturated rings. The van der Waals surface area contributed by atoms with Crippen molar-refractivity contribution in [1.29, 1.82) is 0 Å². The third kappa shape index (κ3) is 1.83. The van der Waals surface area contributed by atoms with Crippen molar-refractivity contribution >= 4 is 19.2 Å². The van der Waals surface area contributed by atoms with Crippen molar-refractivity contribution in [3.8, 4) is 0 Å². The lowest BCUT2D eigenvalue weighted by atomic mass is 9.87. The van der Waals surface area contributed by atoms with Crippen molar-refractivity contribution in [2.45, 2.75) is 12.2 Å². The molecule has 1 aromatic carbocycles. The van der Waals surface area contributed by atoms with Crippen molar-refractivity contribution in [1.82, 2.24) is 10.2 Å². The van der Waals surface area contributed by atoms with Gasteiger partial charge in [-0.3, -0.25) is 4.79 Å². The smallest absolute Gasteiger partial charge is 0.329 e. The highest BCUT2D eigenvalue weighted by Gasteiger charge is 2.45. The molecule has 0 unspecified atom stereocenters. The van der Waals surface area contributed by atoms with Gasteiger partial charge in [0.1, 0.15) is 7.85 Å². The molecule has 0 saturated carbocycles. The summed E-state index contributed by atoms with van der Waals surface area (Å²) >= 11 is 0. The summed E-state index contributed by atoms with van der Waals surface area (Å²) in [5.74, 6) is -0.492. The van der Waals surface area contributed by atoms with Gasteiger partial charge in [-0.1, -0.05) is 17.6 Å². The van der Waals surface area contributed by atoms with Crippen molar-refractivity contribution in [2.75, 3.05) is 19.6 Å². The maximum atomic E-state index is 13.1. The van der Waals surface area contributed by atoms with E-state index >= 15 is 0 Å². The van der Waals surface area contributed by atoms with Gasteiger partial charge < -0.3 is 10.2 Å². The maximum absolute atomic E-state index is 13.1. The number of nitrogens with one attached hydrogen (secondary N) is 1. The van der Waals surface area contributed by atoms with E-state index in [2.05, 4.69) is 5.32 Å². The van der Waals surface area contributed by atoms with E-state index < -0.39 is 17.6 Å². The maximum Gasteiger partial charge on any atom is 0.417 e. The second kappa shape index (κ2) is 4.00. The predicted molar refractivity (Wildman–Crippen MR) is 66.3 cm³/mol. The average molecular weight is 268 g/mol. The highest BCUT2D eigenvalue weighted by molar-refractivity contribution is 6.32. The molecule has 19 heavy (non-hydrogen) atoms. The molecule has 0 aliphatic carbocycles. The summed E-state index contributed by atoms with van der Waals surface area (Å²) in [4.78, 5) is 13.7. The molecule has 1 amide bonds. The van der Waals surface area contributed by atoms with Gasteiger partial charge in [-0.2, -0.15) is 13.2 Å². The minimum atomic E-state index is -4.49. The number of fused-ring (bicyclic) bond motifs is 3. The van der Waals surface area contributed by atoms with Crippen LogP contribution in [0, 0.1) is 0 Å². The van der Waals surface area contributed by atoms with Gasteiger partial charge in [-0.05, 0) is 5.56 Å². The first-order valence-electron chi connectivity index (χ1n) is 6.13. The van der Waals surface area contributed by atoms with E-state index in [0.717, 1.165) is 6.07 Å². The summed E-state index contributed by atoms with van der Waals surface area (Å²) in [5, 5.41) is 3.12. The molecule has 100 valence electrons. The van der Waals surface area contributed by atoms with Crippen LogP contribution in [0.25, 0.3) is 0 Å². The molecule has 0 aromatic heterocycles. The van der Waals surface area contributed by atoms with Crippen molar-refractivity contribution < 1.29 is 18.0 Å². The molecular weight excluding hydrogens is 256 g/mol. The normalized spacial score (nSPS) is 22.4.